The first-order valence-electron chi connectivity index (χ1n) is 10.7. The minimum absolute atomic E-state index is 0.0144. The lowest BCUT2D eigenvalue weighted by molar-refractivity contribution is -0.129. The highest BCUT2D eigenvalue weighted by Gasteiger charge is 2.22. The van der Waals surface area contributed by atoms with Crippen molar-refractivity contribution in [2.24, 2.45) is 0 Å². The van der Waals surface area contributed by atoms with Gasteiger partial charge < -0.3 is 19.1 Å². The van der Waals surface area contributed by atoms with Gasteiger partial charge in [-0.3, -0.25) is 9.69 Å². The molecule has 1 aliphatic rings. The minimum Gasteiger partial charge on any atom is -0.493 e. The Kier molecular flexibility index (Phi) is 8.50. The molecule has 0 bridgehead atoms. The third-order valence-electron chi connectivity index (χ3n) is 5.46. The fourth-order valence-corrected chi connectivity index (χ4v) is 3.71. The summed E-state index contributed by atoms with van der Waals surface area (Å²) in [6, 6.07) is 15.8. The fraction of sp³-hybridized carbons (Fsp3) is 0.400. The molecule has 1 saturated heterocycles. The van der Waals surface area contributed by atoms with Crippen molar-refractivity contribution in [1.29, 1.82) is 0 Å². The van der Waals surface area contributed by atoms with Crippen molar-refractivity contribution in [2.45, 2.75) is 19.5 Å². The molecule has 1 fully saturated rings. The lowest BCUT2D eigenvalue weighted by atomic mass is 10.1. The summed E-state index contributed by atoms with van der Waals surface area (Å²) in [5, 5.41) is 0. The third-order valence-corrected chi connectivity index (χ3v) is 5.46. The van der Waals surface area contributed by atoms with E-state index in [-0.39, 0.29) is 11.9 Å². The maximum atomic E-state index is 13.2. The van der Waals surface area contributed by atoms with E-state index in [4.69, 9.17) is 14.2 Å². The average Bonchev–Trinajstić information content (AvgIpc) is 2.82. The molecule has 2 aromatic rings. The van der Waals surface area contributed by atoms with Crippen LogP contribution in [0.3, 0.4) is 0 Å². The highest BCUT2D eigenvalue weighted by molar-refractivity contribution is 5.92. The molecule has 166 valence electrons. The van der Waals surface area contributed by atoms with Gasteiger partial charge in [-0.15, -0.1) is 0 Å². The molecule has 1 heterocycles. The predicted molar refractivity (Wildman–Crippen MR) is 122 cm³/mol. The van der Waals surface area contributed by atoms with Crippen LogP contribution < -0.4 is 9.47 Å². The monoisotopic (exact) mass is 424 g/mol. The Hall–Kier alpha value is -2.83. The highest BCUT2D eigenvalue weighted by Crippen LogP contribution is 2.28. The summed E-state index contributed by atoms with van der Waals surface area (Å²) in [6.07, 6.45) is 3.46. The summed E-state index contributed by atoms with van der Waals surface area (Å²) in [4.78, 5) is 17.5. The van der Waals surface area contributed by atoms with E-state index in [9.17, 15) is 4.79 Å². The standard InChI is InChI=1S/C25H32N2O4/c1-20(18-26-13-15-31-16-14-26)27(19-22-7-5-4-6-8-22)25(28)12-10-21-9-11-23(29-2)24(17-21)30-3/h4-12,17,20H,13-16,18-19H2,1-3H3/b12-10+. The lowest BCUT2D eigenvalue weighted by Gasteiger charge is -2.34. The number of ether oxygens (including phenoxy) is 3. The molecule has 1 unspecified atom stereocenters. The smallest absolute Gasteiger partial charge is 0.247 e. The Bertz CT molecular complexity index is 863. The molecule has 1 amide bonds. The molecule has 0 N–H and O–H groups in total. The van der Waals surface area contributed by atoms with Gasteiger partial charge in [-0.05, 0) is 36.3 Å². The van der Waals surface area contributed by atoms with Crippen LogP contribution in [0.5, 0.6) is 11.5 Å². The van der Waals surface area contributed by atoms with Gasteiger partial charge in [0.05, 0.1) is 27.4 Å². The van der Waals surface area contributed by atoms with Crippen LogP contribution >= 0.6 is 0 Å². The highest BCUT2D eigenvalue weighted by atomic mass is 16.5. The molecule has 1 aliphatic heterocycles. The summed E-state index contributed by atoms with van der Waals surface area (Å²) in [7, 11) is 3.21. The molecule has 0 radical (unpaired) electrons. The van der Waals surface area contributed by atoms with Gasteiger partial charge in [0.25, 0.3) is 0 Å². The molecular weight excluding hydrogens is 392 g/mol. The van der Waals surface area contributed by atoms with E-state index in [2.05, 4.69) is 24.0 Å². The number of carbonyl (C=O) groups is 1. The second-order valence-corrected chi connectivity index (χ2v) is 7.66. The summed E-state index contributed by atoms with van der Waals surface area (Å²) in [5.74, 6) is 1.29. The van der Waals surface area contributed by atoms with Crippen LogP contribution in [-0.2, 0) is 16.1 Å². The zero-order valence-corrected chi connectivity index (χ0v) is 18.6. The van der Waals surface area contributed by atoms with Crippen molar-refractivity contribution in [3.05, 3.63) is 65.7 Å². The van der Waals surface area contributed by atoms with Gasteiger partial charge >= 0.3 is 0 Å². The van der Waals surface area contributed by atoms with Gasteiger partial charge in [0.1, 0.15) is 0 Å². The van der Waals surface area contributed by atoms with Crippen molar-refractivity contribution >= 4 is 12.0 Å². The number of methoxy groups -OCH3 is 2. The van der Waals surface area contributed by atoms with E-state index in [1.54, 1.807) is 20.3 Å². The second kappa shape index (κ2) is 11.5. The first-order valence-corrected chi connectivity index (χ1v) is 10.7. The van der Waals surface area contributed by atoms with E-state index in [0.717, 1.165) is 44.0 Å². The maximum Gasteiger partial charge on any atom is 0.247 e. The van der Waals surface area contributed by atoms with E-state index in [1.165, 1.54) is 0 Å². The summed E-state index contributed by atoms with van der Waals surface area (Å²) < 4.78 is 16.1. The van der Waals surface area contributed by atoms with Crippen LogP contribution in [0.2, 0.25) is 0 Å². The van der Waals surface area contributed by atoms with Gasteiger partial charge in [-0.1, -0.05) is 36.4 Å². The van der Waals surface area contributed by atoms with E-state index >= 15 is 0 Å². The molecule has 0 aromatic heterocycles. The van der Waals surface area contributed by atoms with E-state index < -0.39 is 0 Å². The summed E-state index contributed by atoms with van der Waals surface area (Å²) in [5.41, 5.74) is 2.00. The van der Waals surface area contributed by atoms with Crippen molar-refractivity contribution in [3.8, 4) is 11.5 Å². The zero-order valence-electron chi connectivity index (χ0n) is 18.6. The van der Waals surface area contributed by atoms with Crippen LogP contribution in [0, 0.1) is 0 Å². The predicted octanol–water partition coefficient (Wildman–Crippen LogP) is 3.47. The van der Waals surface area contributed by atoms with E-state index in [1.807, 2.05) is 47.4 Å². The Labute approximate surface area is 185 Å². The Morgan fingerprint density at radius 1 is 1.10 bits per heavy atom. The molecule has 31 heavy (non-hydrogen) atoms. The van der Waals surface area contributed by atoms with E-state index in [0.29, 0.717) is 18.0 Å². The third kappa shape index (κ3) is 6.57. The summed E-state index contributed by atoms with van der Waals surface area (Å²) >= 11 is 0. The topological polar surface area (TPSA) is 51.2 Å². The van der Waals surface area contributed by atoms with Gasteiger partial charge in [0.2, 0.25) is 5.91 Å². The number of hydrogen-bond acceptors (Lipinski definition) is 5. The molecule has 3 rings (SSSR count). The van der Waals surface area contributed by atoms with Crippen LogP contribution in [0.25, 0.3) is 6.08 Å². The van der Waals surface area contributed by atoms with Crippen molar-refractivity contribution < 1.29 is 19.0 Å². The molecule has 1 atom stereocenters. The van der Waals surface area contributed by atoms with Crippen LogP contribution in [0.4, 0.5) is 0 Å². The van der Waals surface area contributed by atoms with Gasteiger partial charge in [0, 0.05) is 38.3 Å². The van der Waals surface area contributed by atoms with Crippen molar-refractivity contribution in [2.75, 3.05) is 47.1 Å². The second-order valence-electron chi connectivity index (χ2n) is 7.66. The summed E-state index contributed by atoms with van der Waals surface area (Å²) in [6.45, 7) is 6.81. The lowest BCUT2D eigenvalue weighted by Crippen LogP contribution is -2.47. The zero-order chi connectivity index (χ0) is 22.1. The van der Waals surface area contributed by atoms with Crippen LogP contribution in [-0.4, -0.2) is 68.8 Å². The first-order chi connectivity index (χ1) is 15.1. The molecule has 2 aromatic carbocycles. The Morgan fingerprint density at radius 2 is 1.81 bits per heavy atom. The fourth-order valence-electron chi connectivity index (χ4n) is 3.71. The van der Waals surface area contributed by atoms with Crippen LogP contribution in [0.1, 0.15) is 18.1 Å². The number of morpholine rings is 1. The Morgan fingerprint density at radius 3 is 2.48 bits per heavy atom. The van der Waals surface area contributed by atoms with Gasteiger partial charge in [0.15, 0.2) is 11.5 Å². The number of carbonyl (C=O) groups excluding carboxylic acids is 1. The molecule has 0 aliphatic carbocycles. The molecule has 0 spiro atoms. The number of rotatable bonds is 9. The maximum absolute atomic E-state index is 13.2. The normalized spacial score (nSPS) is 15.6. The van der Waals surface area contributed by atoms with Crippen molar-refractivity contribution in [1.82, 2.24) is 9.80 Å². The molecule has 0 saturated carbocycles. The minimum atomic E-state index is -0.0144. The Balaban J connectivity index is 1.75. The largest absolute Gasteiger partial charge is 0.493 e. The molecule has 6 nitrogen and oxygen atoms in total. The van der Waals surface area contributed by atoms with Crippen LogP contribution in [0.15, 0.2) is 54.6 Å². The molecular formula is C25H32N2O4. The number of amides is 1. The molecule has 6 heteroatoms. The average molecular weight is 425 g/mol. The number of hydrogen-bond donors (Lipinski definition) is 0. The van der Waals surface area contributed by atoms with Gasteiger partial charge in [-0.25, -0.2) is 0 Å². The first kappa shape index (κ1) is 22.8. The quantitative estimate of drug-likeness (QED) is 0.577. The van der Waals surface area contributed by atoms with Crippen molar-refractivity contribution in [3.63, 3.8) is 0 Å². The number of nitrogens with zero attached hydrogens (tertiary/aromatic N) is 2. The number of benzene rings is 2. The van der Waals surface area contributed by atoms with Gasteiger partial charge in [-0.2, -0.15) is 0 Å². The SMILES string of the molecule is COc1ccc(/C=C/C(=O)N(Cc2ccccc2)C(C)CN2CCOCC2)cc1OC.